The van der Waals surface area contributed by atoms with Crippen molar-refractivity contribution in [1.29, 1.82) is 0 Å². The number of hydrogen-bond donors (Lipinski definition) is 1. The lowest BCUT2D eigenvalue weighted by Crippen LogP contribution is -2.37. The Kier molecular flexibility index (Phi) is 4.09. The summed E-state index contributed by atoms with van der Waals surface area (Å²) in [6, 6.07) is 1.90. The molecular formula is C11H13N3O5S. The zero-order valence-corrected chi connectivity index (χ0v) is 11.3. The van der Waals surface area contributed by atoms with Crippen molar-refractivity contribution in [2.75, 3.05) is 0 Å². The quantitative estimate of drug-likeness (QED) is 0.648. The van der Waals surface area contributed by atoms with Gasteiger partial charge in [-0.1, -0.05) is 0 Å². The summed E-state index contributed by atoms with van der Waals surface area (Å²) in [6.45, 7) is 0. The Balaban J connectivity index is 2.10. The average Bonchev–Trinajstić information content (AvgIpc) is 2.41. The van der Waals surface area contributed by atoms with E-state index in [9.17, 15) is 23.3 Å². The van der Waals surface area contributed by atoms with Crippen LogP contribution < -0.4 is 4.72 Å². The molecule has 0 amide bonds. The number of ketones is 1. The molecule has 1 aliphatic carbocycles. The fourth-order valence-corrected chi connectivity index (χ4v) is 3.23. The van der Waals surface area contributed by atoms with Crippen molar-refractivity contribution >= 4 is 21.6 Å². The number of nitro groups is 1. The Morgan fingerprint density at radius 2 is 1.95 bits per heavy atom. The highest BCUT2D eigenvalue weighted by atomic mass is 32.2. The van der Waals surface area contributed by atoms with Crippen molar-refractivity contribution in [2.45, 2.75) is 36.6 Å². The summed E-state index contributed by atoms with van der Waals surface area (Å²) < 4.78 is 26.6. The maximum absolute atomic E-state index is 12.1. The lowest BCUT2D eigenvalue weighted by atomic mass is 9.95. The van der Waals surface area contributed by atoms with Gasteiger partial charge in [-0.3, -0.25) is 4.79 Å². The van der Waals surface area contributed by atoms with Crippen LogP contribution in [0, 0.1) is 10.1 Å². The Morgan fingerprint density at radius 1 is 1.30 bits per heavy atom. The third-order valence-electron chi connectivity index (χ3n) is 3.08. The molecule has 0 aromatic carbocycles. The molecule has 8 nitrogen and oxygen atoms in total. The van der Waals surface area contributed by atoms with Crippen LogP contribution in [-0.4, -0.2) is 30.2 Å². The number of aromatic nitrogens is 1. The monoisotopic (exact) mass is 299 g/mol. The third kappa shape index (κ3) is 3.36. The van der Waals surface area contributed by atoms with Gasteiger partial charge in [-0.15, -0.1) is 0 Å². The van der Waals surface area contributed by atoms with Gasteiger partial charge in [0.2, 0.25) is 10.0 Å². The van der Waals surface area contributed by atoms with E-state index in [0.29, 0.717) is 25.7 Å². The number of Topliss-reactive ketones (excluding diaryl/α,β-unsaturated/α-hetero) is 1. The van der Waals surface area contributed by atoms with Crippen molar-refractivity contribution in [2.24, 2.45) is 0 Å². The molecule has 1 N–H and O–H groups in total. The molecule has 9 heteroatoms. The van der Waals surface area contributed by atoms with Crippen molar-refractivity contribution < 1.29 is 18.1 Å². The van der Waals surface area contributed by atoms with Gasteiger partial charge in [0.15, 0.2) is 6.20 Å². The van der Waals surface area contributed by atoms with Gasteiger partial charge in [-0.25, -0.2) is 13.1 Å². The number of carbonyl (C=O) groups is 1. The molecule has 1 heterocycles. The molecule has 1 aliphatic rings. The summed E-state index contributed by atoms with van der Waals surface area (Å²) >= 11 is 0. The number of hydrogen-bond acceptors (Lipinski definition) is 6. The zero-order valence-electron chi connectivity index (χ0n) is 10.5. The first-order chi connectivity index (χ1) is 9.38. The molecular weight excluding hydrogens is 286 g/mol. The second-order valence-electron chi connectivity index (χ2n) is 4.54. The van der Waals surface area contributed by atoms with Crippen LogP contribution in [0.4, 0.5) is 5.82 Å². The van der Waals surface area contributed by atoms with E-state index in [1.165, 1.54) is 0 Å². The van der Waals surface area contributed by atoms with Crippen LogP contribution in [0.2, 0.25) is 0 Å². The number of sulfonamides is 1. The Morgan fingerprint density at radius 3 is 2.45 bits per heavy atom. The van der Waals surface area contributed by atoms with E-state index in [0.717, 1.165) is 18.3 Å². The fourth-order valence-electron chi connectivity index (χ4n) is 1.98. The Bertz CT molecular complexity index is 616. The highest BCUT2D eigenvalue weighted by Gasteiger charge is 2.25. The van der Waals surface area contributed by atoms with Gasteiger partial charge >= 0.3 is 5.82 Å². The minimum Gasteiger partial charge on any atom is -0.358 e. The molecule has 0 radical (unpaired) electrons. The first kappa shape index (κ1) is 14.5. The van der Waals surface area contributed by atoms with Crippen LogP contribution in [0.1, 0.15) is 25.7 Å². The maximum Gasteiger partial charge on any atom is 0.363 e. The van der Waals surface area contributed by atoms with E-state index in [2.05, 4.69) is 9.71 Å². The summed E-state index contributed by atoms with van der Waals surface area (Å²) in [7, 11) is -3.77. The van der Waals surface area contributed by atoms with Gasteiger partial charge in [-0.05, 0) is 28.8 Å². The molecule has 1 aromatic heterocycles. The molecule has 2 rings (SSSR count). The second-order valence-corrected chi connectivity index (χ2v) is 6.26. The lowest BCUT2D eigenvalue weighted by molar-refractivity contribution is -0.389. The van der Waals surface area contributed by atoms with Crippen LogP contribution in [0.5, 0.6) is 0 Å². The van der Waals surface area contributed by atoms with Gasteiger partial charge in [0.25, 0.3) is 0 Å². The van der Waals surface area contributed by atoms with E-state index in [1.54, 1.807) is 0 Å². The van der Waals surface area contributed by atoms with Crippen molar-refractivity contribution in [3.8, 4) is 0 Å². The molecule has 0 spiro atoms. The summed E-state index contributed by atoms with van der Waals surface area (Å²) in [5.74, 6) is -0.273. The summed E-state index contributed by atoms with van der Waals surface area (Å²) in [5.41, 5.74) is 0. The Labute approximate surface area is 115 Å². The highest BCUT2D eigenvalue weighted by Crippen LogP contribution is 2.18. The Hall–Kier alpha value is -1.87. The van der Waals surface area contributed by atoms with Crippen LogP contribution in [-0.2, 0) is 14.8 Å². The average molecular weight is 299 g/mol. The lowest BCUT2D eigenvalue weighted by Gasteiger charge is -2.21. The molecule has 1 fully saturated rings. The van der Waals surface area contributed by atoms with Crippen LogP contribution in [0.3, 0.4) is 0 Å². The van der Waals surface area contributed by atoms with Crippen molar-refractivity contribution in [3.63, 3.8) is 0 Å². The van der Waals surface area contributed by atoms with E-state index in [-0.39, 0.29) is 16.7 Å². The van der Waals surface area contributed by atoms with E-state index >= 15 is 0 Å². The number of nitrogens with one attached hydrogen (secondary N) is 1. The molecule has 1 aromatic rings. The third-order valence-corrected chi connectivity index (χ3v) is 4.59. The first-order valence-electron chi connectivity index (χ1n) is 6.03. The van der Waals surface area contributed by atoms with E-state index in [1.807, 2.05) is 0 Å². The number of carbonyl (C=O) groups excluding carboxylic acids is 1. The molecule has 0 bridgehead atoms. The minimum absolute atomic E-state index is 0.125. The number of nitrogens with zero attached hydrogens (tertiary/aromatic N) is 2. The van der Waals surface area contributed by atoms with Crippen LogP contribution in [0.15, 0.2) is 23.2 Å². The minimum atomic E-state index is -3.77. The smallest absolute Gasteiger partial charge is 0.358 e. The molecule has 20 heavy (non-hydrogen) atoms. The zero-order chi connectivity index (χ0) is 14.8. The predicted molar refractivity (Wildman–Crippen MR) is 68.5 cm³/mol. The van der Waals surface area contributed by atoms with Gasteiger partial charge in [0.05, 0.1) is 0 Å². The van der Waals surface area contributed by atoms with Gasteiger partial charge < -0.3 is 10.1 Å². The first-order valence-corrected chi connectivity index (χ1v) is 7.51. The second kappa shape index (κ2) is 5.63. The molecule has 0 aliphatic heterocycles. The topological polar surface area (TPSA) is 119 Å². The molecule has 108 valence electrons. The largest absolute Gasteiger partial charge is 0.363 e. The summed E-state index contributed by atoms with van der Waals surface area (Å²) in [4.78, 5) is 24.2. The normalized spacial score (nSPS) is 17.1. The maximum atomic E-state index is 12.1. The molecule has 1 saturated carbocycles. The summed E-state index contributed by atoms with van der Waals surface area (Å²) in [6.07, 6.45) is 2.63. The molecule has 0 unspecified atom stereocenters. The standard InChI is InChI=1S/C11H13N3O5S/c15-9-3-1-8(2-4-9)13-20(18,19)10-5-6-11(12-7-10)14(16)17/h5-8,13H,1-4H2. The van der Waals surface area contributed by atoms with Gasteiger partial charge in [-0.2, -0.15) is 0 Å². The highest BCUT2D eigenvalue weighted by molar-refractivity contribution is 7.89. The van der Waals surface area contributed by atoms with Crippen molar-refractivity contribution in [1.82, 2.24) is 9.71 Å². The molecule has 0 saturated heterocycles. The fraction of sp³-hybridized carbons (Fsp3) is 0.455. The predicted octanol–water partition coefficient (Wildman–Crippen LogP) is 0.780. The van der Waals surface area contributed by atoms with Crippen LogP contribution >= 0.6 is 0 Å². The van der Waals surface area contributed by atoms with E-state index in [4.69, 9.17) is 0 Å². The van der Waals surface area contributed by atoms with Gasteiger partial charge in [0, 0.05) is 24.9 Å². The number of pyridine rings is 1. The molecule has 0 atom stereocenters. The van der Waals surface area contributed by atoms with E-state index < -0.39 is 20.8 Å². The van der Waals surface area contributed by atoms with Gasteiger partial charge in [0.1, 0.15) is 10.7 Å². The van der Waals surface area contributed by atoms with Crippen molar-refractivity contribution in [3.05, 3.63) is 28.4 Å². The summed E-state index contributed by atoms with van der Waals surface area (Å²) in [5, 5.41) is 10.5. The van der Waals surface area contributed by atoms with Crippen LogP contribution in [0.25, 0.3) is 0 Å². The number of rotatable bonds is 4. The SMILES string of the molecule is O=C1CCC(NS(=O)(=O)c2ccc([N+](=O)[O-])nc2)CC1.